The van der Waals surface area contributed by atoms with E-state index >= 15 is 0 Å². The van der Waals surface area contributed by atoms with Gasteiger partial charge in [0.2, 0.25) is 17.4 Å². The lowest BCUT2D eigenvalue weighted by molar-refractivity contribution is -0.136. The lowest BCUT2D eigenvalue weighted by atomic mass is 10.1. The van der Waals surface area contributed by atoms with Gasteiger partial charge in [-0.15, -0.1) is 0 Å². The molecule has 3 heterocycles. The molecule has 0 aliphatic carbocycles. The van der Waals surface area contributed by atoms with Crippen LogP contribution in [0.15, 0.2) is 23.1 Å². The second-order valence-electron chi connectivity index (χ2n) is 5.82. The third-order valence-corrected chi connectivity index (χ3v) is 4.23. The molecular weight excluding hydrogens is 284 g/mol. The molecule has 2 amide bonds. The highest BCUT2D eigenvalue weighted by Crippen LogP contribution is 2.13. The van der Waals surface area contributed by atoms with Gasteiger partial charge in [0, 0.05) is 51.4 Å². The maximum absolute atomic E-state index is 12.3. The van der Waals surface area contributed by atoms with E-state index in [1.165, 1.54) is 6.07 Å². The van der Waals surface area contributed by atoms with E-state index < -0.39 is 0 Å². The molecule has 1 aromatic rings. The van der Waals surface area contributed by atoms with Crippen LogP contribution in [0.1, 0.15) is 18.4 Å². The largest absolute Gasteiger partial charge is 0.344 e. The zero-order valence-electron chi connectivity index (χ0n) is 12.4. The van der Waals surface area contributed by atoms with Crippen LogP contribution in [0.2, 0.25) is 0 Å². The highest BCUT2D eigenvalue weighted by atomic mass is 16.2. The molecule has 2 N–H and O–H groups in total. The van der Waals surface area contributed by atoms with Crippen LogP contribution in [0.25, 0.3) is 0 Å². The first-order valence-corrected chi connectivity index (χ1v) is 7.60. The van der Waals surface area contributed by atoms with E-state index in [0.29, 0.717) is 25.9 Å². The summed E-state index contributed by atoms with van der Waals surface area (Å²) in [5.41, 5.74) is 0.959. The van der Waals surface area contributed by atoms with E-state index in [0.717, 1.165) is 25.2 Å². The summed E-state index contributed by atoms with van der Waals surface area (Å²) in [6.45, 7) is 3.71. The van der Waals surface area contributed by atoms with Crippen LogP contribution < -0.4 is 10.9 Å². The molecule has 3 rings (SSSR count). The van der Waals surface area contributed by atoms with Gasteiger partial charge in [-0.25, -0.2) is 0 Å². The molecule has 0 radical (unpaired) electrons. The number of aromatic amines is 1. The minimum atomic E-state index is -0.335. The Morgan fingerprint density at radius 2 is 1.95 bits per heavy atom. The number of rotatable bonds is 3. The highest BCUT2D eigenvalue weighted by Gasteiger charge is 2.32. The number of nitrogens with zero attached hydrogens (tertiary/aromatic N) is 2. The van der Waals surface area contributed by atoms with Crippen LogP contribution in [0.4, 0.5) is 0 Å². The molecule has 1 unspecified atom stereocenters. The van der Waals surface area contributed by atoms with Crippen molar-refractivity contribution in [1.29, 1.82) is 0 Å². The molecule has 0 spiro atoms. The van der Waals surface area contributed by atoms with Crippen molar-refractivity contribution in [1.82, 2.24) is 20.1 Å². The number of carbonyl (C=O) groups excluding carboxylic acids is 2. The van der Waals surface area contributed by atoms with Gasteiger partial charge in [0.25, 0.3) is 0 Å². The summed E-state index contributed by atoms with van der Waals surface area (Å²) < 4.78 is 0. The zero-order valence-corrected chi connectivity index (χ0v) is 12.4. The summed E-state index contributed by atoms with van der Waals surface area (Å²) >= 11 is 0. The summed E-state index contributed by atoms with van der Waals surface area (Å²) in [4.78, 5) is 41.3. The van der Waals surface area contributed by atoms with Crippen LogP contribution >= 0.6 is 0 Å². The van der Waals surface area contributed by atoms with Crippen molar-refractivity contribution >= 4 is 11.8 Å². The monoisotopic (exact) mass is 304 g/mol. The standard InChI is InChI=1S/C15H20N4O3/c20-13-3-1-11(9-16-13)10-18-5-7-19(8-6-18)15(22)12-2-4-14(21)17-12/h1,3,9,12H,2,4-8,10H2,(H,16,20)(H,17,21). The predicted molar refractivity (Wildman–Crippen MR) is 80.1 cm³/mol. The molecule has 2 saturated heterocycles. The lowest BCUT2D eigenvalue weighted by Gasteiger charge is -2.35. The molecule has 2 aliphatic rings. The van der Waals surface area contributed by atoms with Gasteiger partial charge in [0.05, 0.1) is 0 Å². The predicted octanol–water partition coefficient (Wildman–Crippen LogP) is -0.702. The number of H-pyrrole nitrogens is 1. The number of piperazine rings is 1. The van der Waals surface area contributed by atoms with Gasteiger partial charge in [-0.2, -0.15) is 0 Å². The van der Waals surface area contributed by atoms with Crippen LogP contribution in [0, 0.1) is 0 Å². The fourth-order valence-corrected chi connectivity index (χ4v) is 2.95. The molecule has 22 heavy (non-hydrogen) atoms. The summed E-state index contributed by atoms with van der Waals surface area (Å²) in [6, 6.07) is 3.01. The minimum Gasteiger partial charge on any atom is -0.344 e. The Bertz CT molecular complexity index is 599. The lowest BCUT2D eigenvalue weighted by Crippen LogP contribution is -2.53. The van der Waals surface area contributed by atoms with Gasteiger partial charge < -0.3 is 15.2 Å². The topological polar surface area (TPSA) is 85.5 Å². The summed E-state index contributed by atoms with van der Waals surface area (Å²) in [5.74, 6) is 0.00426. The van der Waals surface area contributed by atoms with Crippen molar-refractivity contribution in [3.63, 3.8) is 0 Å². The van der Waals surface area contributed by atoms with Crippen molar-refractivity contribution in [3.8, 4) is 0 Å². The zero-order chi connectivity index (χ0) is 15.5. The van der Waals surface area contributed by atoms with Crippen molar-refractivity contribution in [2.45, 2.75) is 25.4 Å². The van der Waals surface area contributed by atoms with Gasteiger partial charge >= 0.3 is 0 Å². The Labute approximate surface area is 128 Å². The number of pyridine rings is 1. The number of hydrogen-bond acceptors (Lipinski definition) is 4. The minimum absolute atomic E-state index is 0.0324. The molecule has 2 fully saturated rings. The number of aromatic nitrogens is 1. The smallest absolute Gasteiger partial charge is 0.247 e. The van der Waals surface area contributed by atoms with E-state index in [2.05, 4.69) is 15.2 Å². The van der Waals surface area contributed by atoms with E-state index in [1.54, 1.807) is 6.20 Å². The number of carbonyl (C=O) groups is 2. The maximum Gasteiger partial charge on any atom is 0.247 e. The first-order chi connectivity index (χ1) is 10.6. The number of nitrogens with one attached hydrogen (secondary N) is 2. The molecule has 2 aliphatic heterocycles. The molecule has 0 bridgehead atoms. The third kappa shape index (κ3) is 3.36. The second-order valence-corrected chi connectivity index (χ2v) is 5.82. The van der Waals surface area contributed by atoms with Gasteiger partial charge in [0.1, 0.15) is 6.04 Å². The highest BCUT2D eigenvalue weighted by molar-refractivity contribution is 5.90. The average Bonchev–Trinajstić information content (AvgIpc) is 2.96. The van der Waals surface area contributed by atoms with Crippen LogP contribution in [-0.2, 0) is 16.1 Å². The molecule has 7 nitrogen and oxygen atoms in total. The Morgan fingerprint density at radius 1 is 1.18 bits per heavy atom. The molecule has 1 aromatic heterocycles. The fraction of sp³-hybridized carbons (Fsp3) is 0.533. The Morgan fingerprint density at radius 3 is 2.55 bits per heavy atom. The normalized spacial score (nSPS) is 22.6. The van der Waals surface area contributed by atoms with E-state index in [9.17, 15) is 14.4 Å². The van der Waals surface area contributed by atoms with Crippen molar-refractivity contribution in [3.05, 3.63) is 34.2 Å². The molecule has 118 valence electrons. The third-order valence-electron chi connectivity index (χ3n) is 4.23. The van der Waals surface area contributed by atoms with Crippen LogP contribution in [0.5, 0.6) is 0 Å². The summed E-state index contributed by atoms with van der Waals surface area (Å²) in [5, 5.41) is 2.73. The molecule has 1 atom stereocenters. The van der Waals surface area contributed by atoms with Gasteiger partial charge in [-0.1, -0.05) is 6.07 Å². The summed E-state index contributed by atoms with van der Waals surface area (Å²) in [6.07, 6.45) is 2.78. The van der Waals surface area contributed by atoms with Crippen LogP contribution in [-0.4, -0.2) is 58.8 Å². The first-order valence-electron chi connectivity index (χ1n) is 7.60. The summed E-state index contributed by atoms with van der Waals surface area (Å²) in [7, 11) is 0. The van der Waals surface area contributed by atoms with E-state index in [4.69, 9.17) is 0 Å². The van der Waals surface area contributed by atoms with Crippen molar-refractivity contribution < 1.29 is 9.59 Å². The number of hydrogen-bond donors (Lipinski definition) is 2. The molecule has 0 saturated carbocycles. The molecule has 0 aromatic carbocycles. The van der Waals surface area contributed by atoms with Gasteiger partial charge in [-0.3, -0.25) is 19.3 Å². The molecule has 7 heteroatoms. The van der Waals surface area contributed by atoms with Gasteiger partial charge in [0.15, 0.2) is 0 Å². The number of amides is 2. The molecular formula is C15H20N4O3. The van der Waals surface area contributed by atoms with E-state index in [1.807, 2.05) is 11.0 Å². The Hall–Kier alpha value is -2.15. The fourth-order valence-electron chi connectivity index (χ4n) is 2.95. The second kappa shape index (κ2) is 6.31. The van der Waals surface area contributed by atoms with Crippen molar-refractivity contribution in [2.75, 3.05) is 26.2 Å². The Balaban J connectivity index is 1.49. The van der Waals surface area contributed by atoms with Gasteiger partial charge in [-0.05, 0) is 12.0 Å². The first kappa shape index (κ1) is 14.8. The SMILES string of the molecule is O=C1CCC(C(=O)N2CCN(Cc3ccc(=O)[nH]c3)CC2)N1. The maximum atomic E-state index is 12.3. The average molecular weight is 304 g/mol. The van der Waals surface area contributed by atoms with Crippen LogP contribution in [0.3, 0.4) is 0 Å². The van der Waals surface area contributed by atoms with Crippen molar-refractivity contribution in [2.24, 2.45) is 0 Å². The Kier molecular flexibility index (Phi) is 4.24. The quantitative estimate of drug-likeness (QED) is 0.773. The van der Waals surface area contributed by atoms with E-state index in [-0.39, 0.29) is 23.4 Å².